The summed E-state index contributed by atoms with van der Waals surface area (Å²) in [5.41, 5.74) is 7.29. The Morgan fingerprint density at radius 2 is 1.61 bits per heavy atom. The van der Waals surface area contributed by atoms with E-state index in [1.807, 2.05) is 35.2 Å². The van der Waals surface area contributed by atoms with Gasteiger partial charge in [-0.05, 0) is 29.0 Å². The predicted molar refractivity (Wildman–Crippen MR) is 136 cm³/mol. The fourth-order valence-corrected chi connectivity index (χ4v) is 5.45. The monoisotopic (exact) mass is 510 g/mol. The van der Waals surface area contributed by atoms with Crippen LogP contribution in [0.15, 0.2) is 64.5 Å². The van der Waals surface area contributed by atoms with Gasteiger partial charge in [0.15, 0.2) is 0 Å². The zero-order valence-corrected chi connectivity index (χ0v) is 20.9. The van der Waals surface area contributed by atoms with Crippen molar-refractivity contribution in [2.75, 3.05) is 38.8 Å². The van der Waals surface area contributed by atoms with Crippen LogP contribution in [0.5, 0.6) is 11.5 Å². The Hall–Kier alpha value is -4.12. The maximum Gasteiger partial charge on any atom is 0.266 e. The molecule has 3 aromatic carbocycles. The second-order valence-electron chi connectivity index (χ2n) is 8.20. The summed E-state index contributed by atoms with van der Waals surface area (Å²) in [6.07, 6.45) is 0. The molecule has 1 saturated heterocycles. The molecule has 1 aliphatic heterocycles. The minimum Gasteiger partial charge on any atom is -0.497 e. The van der Waals surface area contributed by atoms with Crippen LogP contribution in [0.4, 0.5) is 5.69 Å². The maximum absolute atomic E-state index is 13.3. The van der Waals surface area contributed by atoms with E-state index in [0.717, 1.165) is 20.8 Å². The number of hydrogen-bond donors (Lipinski definition) is 1. The van der Waals surface area contributed by atoms with Crippen LogP contribution >= 0.6 is 0 Å². The lowest BCUT2D eigenvalue weighted by Crippen LogP contribution is -2.52. The van der Waals surface area contributed by atoms with Gasteiger partial charge in [0.2, 0.25) is 5.91 Å². The topological polar surface area (TPSA) is 132 Å². The number of amidine groups is 1. The molecule has 188 valence electrons. The van der Waals surface area contributed by atoms with E-state index in [-0.39, 0.29) is 29.7 Å². The Labute approximate surface area is 209 Å². The van der Waals surface area contributed by atoms with Gasteiger partial charge in [0, 0.05) is 42.9 Å². The quantitative estimate of drug-likeness (QED) is 0.394. The molecule has 0 aromatic heterocycles. The minimum atomic E-state index is -4.10. The molecule has 0 aliphatic carbocycles. The molecular formula is C25H26N4O6S. The fourth-order valence-electron chi connectivity index (χ4n) is 4.01. The molecule has 2 amide bonds. The number of carbonyl (C=O) groups is 2. The number of ether oxygens (including phenoxy) is 2. The average molecular weight is 511 g/mol. The number of benzene rings is 3. The SMILES string of the molecule is COc1cc(OC)cc(S(=O)(=O)N2CCN(c3ccc4ccc(C(N)=NC(C)=O)cc4c3)CC2=O)c1. The second kappa shape index (κ2) is 9.86. The lowest BCUT2D eigenvalue weighted by atomic mass is 10.0. The van der Waals surface area contributed by atoms with E-state index in [1.165, 1.54) is 33.3 Å². The molecule has 0 spiro atoms. The number of piperazine rings is 1. The summed E-state index contributed by atoms with van der Waals surface area (Å²) in [6.45, 7) is 1.51. The number of nitrogens with two attached hydrogens (primary N) is 1. The van der Waals surface area contributed by atoms with Crippen molar-refractivity contribution in [2.45, 2.75) is 11.8 Å². The van der Waals surface area contributed by atoms with E-state index in [2.05, 4.69) is 4.99 Å². The molecule has 11 heteroatoms. The Bertz CT molecular complexity index is 1460. The molecule has 36 heavy (non-hydrogen) atoms. The van der Waals surface area contributed by atoms with Crippen molar-refractivity contribution in [1.29, 1.82) is 0 Å². The number of carbonyl (C=O) groups excluding carboxylic acids is 2. The van der Waals surface area contributed by atoms with Gasteiger partial charge in [-0.15, -0.1) is 0 Å². The van der Waals surface area contributed by atoms with E-state index in [4.69, 9.17) is 15.2 Å². The van der Waals surface area contributed by atoms with Crippen LogP contribution in [0.1, 0.15) is 12.5 Å². The van der Waals surface area contributed by atoms with Gasteiger partial charge < -0.3 is 20.1 Å². The summed E-state index contributed by atoms with van der Waals surface area (Å²) in [7, 11) is -1.25. The third-order valence-electron chi connectivity index (χ3n) is 5.85. The molecule has 1 aliphatic rings. The number of rotatable bonds is 6. The van der Waals surface area contributed by atoms with Crippen LogP contribution in [0.2, 0.25) is 0 Å². The molecule has 10 nitrogen and oxygen atoms in total. The summed E-state index contributed by atoms with van der Waals surface area (Å²) >= 11 is 0. The zero-order valence-electron chi connectivity index (χ0n) is 20.1. The summed E-state index contributed by atoms with van der Waals surface area (Å²) < 4.78 is 37.7. The first kappa shape index (κ1) is 25.0. The van der Waals surface area contributed by atoms with Gasteiger partial charge in [0.05, 0.1) is 32.2 Å². The van der Waals surface area contributed by atoms with Crippen LogP contribution in [0.3, 0.4) is 0 Å². The summed E-state index contributed by atoms with van der Waals surface area (Å²) in [6, 6.07) is 15.4. The Morgan fingerprint density at radius 1 is 0.944 bits per heavy atom. The number of amides is 2. The van der Waals surface area contributed by atoms with Crippen LogP contribution in [-0.2, 0) is 19.6 Å². The first-order valence-electron chi connectivity index (χ1n) is 11.0. The first-order valence-corrected chi connectivity index (χ1v) is 12.5. The lowest BCUT2D eigenvalue weighted by molar-refractivity contribution is -0.126. The van der Waals surface area contributed by atoms with E-state index in [1.54, 1.807) is 12.1 Å². The molecule has 1 heterocycles. The van der Waals surface area contributed by atoms with Crippen molar-refractivity contribution in [1.82, 2.24) is 4.31 Å². The van der Waals surface area contributed by atoms with Gasteiger partial charge in [-0.3, -0.25) is 9.59 Å². The highest BCUT2D eigenvalue weighted by molar-refractivity contribution is 7.89. The average Bonchev–Trinajstić information content (AvgIpc) is 2.86. The van der Waals surface area contributed by atoms with Crippen LogP contribution < -0.4 is 20.1 Å². The number of fused-ring (bicyclic) bond motifs is 1. The number of aliphatic imine (C=N–C) groups is 1. The largest absolute Gasteiger partial charge is 0.497 e. The van der Waals surface area contributed by atoms with Crippen LogP contribution in [-0.4, -0.2) is 64.2 Å². The number of anilines is 1. The molecule has 0 atom stereocenters. The van der Waals surface area contributed by atoms with Gasteiger partial charge in [0.25, 0.3) is 15.9 Å². The summed E-state index contributed by atoms with van der Waals surface area (Å²) in [4.78, 5) is 29.8. The molecule has 0 radical (unpaired) electrons. The van der Waals surface area contributed by atoms with E-state index in [9.17, 15) is 18.0 Å². The molecule has 2 N–H and O–H groups in total. The number of sulfonamides is 1. The van der Waals surface area contributed by atoms with Crippen molar-refractivity contribution in [3.8, 4) is 11.5 Å². The van der Waals surface area contributed by atoms with Crippen LogP contribution in [0.25, 0.3) is 10.8 Å². The standard InChI is InChI=1S/C25H26N4O6S/c1-16(30)27-25(26)18-5-4-17-6-7-20(11-19(17)10-18)28-8-9-29(24(31)15-28)36(32,33)23-13-21(34-2)12-22(14-23)35-3/h4-7,10-14H,8-9,15H2,1-3H3,(H2,26,27,30). The Balaban J connectivity index is 1.58. The zero-order chi connectivity index (χ0) is 26.0. The van der Waals surface area contributed by atoms with E-state index < -0.39 is 15.9 Å². The van der Waals surface area contributed by atoms with E-state index >= 15 is 0 Å². The Kier molecular flexibility index (Phi) is 6.84. The summed E-state index contributed by atoms with van der Waals surface area (Å²) in [5, 5.41) is 1.79. The maximum atomic E-state index is 13.3. The normalized spacial score (nSPS) is 14.8. The van der Waals surface area contributed by atoms with Crippen molar-refractivity contribution in [3.63, 3.8) is 0 Å². The van der Waals surface area contributed by atoms with Gasteiger partial charge in [-0.25, -0.2) is 12.7 Å². The van der Waals surface area contributed by atoms with Crippen molar-refractivity contribution in [3.05, 3.63) is 60.2 Å². The van der Waals surface area contributed by atoms with E-state index in [0.29, 0.717) is 23.6 Å². The van der Waals surface area contributed by atoms with Gasteiger partial charge in [-0.1, -0.05) is 18.2 Å². The second-order valence-corrected chi connectivity index (χ2v) is 10.1. The third-order valence-corrected chi connectivity index (χ3v) is 7.65. The minimum absolute atomic E-state index is 0.0169. The highest BCUT2D eigenvalue weighted by Crippen LogP contribution is 2.30. The fraction of sp³-hybridized carbons (Fsp3) is 0.240. The molecule has 0 bridgehead atoms. The number of methoxy groups -OCH3 is 2. The third kappa shape index (κ3) is 4.96. The van der Waals surface area contributed by atoms with Crippen LogP contribution in [0, 0.1) is 0 Å². The molecule has 4 rings (SSSR count). The first-order chi connectivity index (χ1) is 17.1. The number of hydrogen-bond acceptors (Lipinski definition) is 7. The number of nitrogens with zero attached hydrogens (tertiary/aromatic N) is 3. The Morgan fingerprint density at radius 3 is 2.22 bits per heavy atom. The highest BCUT2D eigenvalue weighted by Gasteiger charge is 2.34. The molecular weight excluding hydrogens is 484 g/mol. The highest BCUT2D eigenvalue weighted by atomic mass is 32.2. The van der Waals surface area contributed by atoms with Crippen molar-refractivity contribution in [2.24, 2.45) is 10.7 Å². The summed E-state index contributed by atoms with van der Waals surface area (Å²) in [5.74, 6) is -0.195. The molecule has 3 aromatic rings. The smallest absolute Gasteiger partial charge is 0.266 e. The molecule has 1 fully saturated rings. The lowest BCUT2D eigenvalue weighted by Gasteiger charge is -2.35. The van der Waals surface area contributed by atoms with Gasteiger partial charge >= 0.3 is 0 Å². The molecule has 0 saturated carbocycles. The predicted octanol–water partition coefficient (Wildman–Crippen LogP) is 2.15. The van der Waals surface area contributed by atoms with Gasteiger partial charge in [0.1, 0.15) is 17.3 Å². The molecule has 0 unspecified atom stereocenters. The van der Waals surface area contributed by atoms with Crippen molar-refractivity contribution >= 4 is 44.1 Å². The van der Waals surface area contributed by atoms with Gasteiger partial charge in [-0.2, -0.15) is 4.99 Å². The van der Waals surface area contributed by atoms with Crippen molar-refractivity contribution < 1.29 is 27.5 Å².